The van der Waals surface area contributed by atoms with E-state index in [1.807, 2.05) is 6.07 Å². The van der Waals surface area contributed by atoms with E-state index in [0.717, 1.165) is 23.4 Å². The van der Waals surface area contributed by atoms with Gasteiger partial charge in [-0.1, -0.05) is 19.3 Å². The number of nitrogens with zero attached hydrogens (tertiary/aromatic N) is 1. The van der Waals surface area contributed by atoms with E-state index in [1.54, 1.807) is 12.3 Å². The van der Waals surface area contributed by atoms with Gasteiger partial charge in [0.25, 0.3) is 5.91 Å². The molecule has 1 aromatic rings. The second-order valence-electron chi connectivity index (χ2n) is 4.18. The summed E-state index contributed by atoms with van der Waals surface area (Å²) in [5.41, 5.74) is 0.469. The zero-order chi connectivity index (χ0) is 11.4. The molecule has 0 unspecified atom stereocenters. The van der Waals surface area contributed by atoms with Gasteiger partial charge in [0, 0.05) is 17.2 Å². The van der Waals surface area contributed by atoms with Gasteiger partial charge in [0.1, 0.15) is 5.69 Å². The van der Waals surface area contributed by atoms with E-state index in [1.165, 1.54) is 19.3 Å². The first-order chi connectivity index (χ1) is 7.77. The van der Waals surface area contributed by atoms with Crippen molar-refractivity contribution in [3.05, 3.63) is 28.5 Å². The highest BCUT2D eigenvalue weighted by Crippen LogP contribution is 2.28. The van der Waals surface area contributed by atoms with Crippen molar-refractivity contribution in [2.45, 2.75) is 25.7 Å². The van der Waals surface area contributed by atoms with Crippen LogP contribution in [0.2, 0.25) is 0 Å². The predicted octanol–water partition coefficient (Wildman–Crippen LogP) is 2.76. The Bertz CT molecular complexity index is 377. The van der Waals surface area contributed by atoms with Crippen LogP contribution in [0.1, 0.15) is 36.2 Å². The maximum atomic E-state index is 11.7. The van der Waals surface area contributed by atoms with E-state index < -0.39 is 0 Å². The Kier molecular flexibility index (Phi) is 3.93. The van der Waals surface area contributed by atoms with Crippen LogP contribution in [-0.4, -0.2) is 17.4 Å². The zero-order valence-corrected chi connectivity index (χ0v) is 10.7. The second-order valence-corrected chi connectivity index (χ2v) is 5.03. The van der Waals surface area contributed by atoms with E-state index in [4.69, 9.17) is 0 Å². The van der Waals surface area contributed by atoms with E-state index in [-0.39, 0.29) is 5.91 Å². The van der Waals surface area contributed by atoms with E-state index in [0.29, 0.717) is 5.69 Å². The van der Waals surface area contributed by atoms with Gasteiger partial charge in [-0.2, -0.15) is 0 Å². The monoisotopic (exact) mass is 282 g/mol. The number of pyridine rings is 1. The minimum atomic E-state index is -0.0909. The summed E-state index contributed by atoms with van der Waals surface area (Å²) in [7, 11) is 0. The Balaban J connectivity index is 1.81. The van der Waals surface area contributed by atoms with Crippen LogP contribution in [0.5, 0.6) is 0 Å². The lowest BCUT2D eigenvalue weighted by molar-refractivity contribution is 0.0943. The first kappa shape index (κ1) is 11.6. The summed E-state index contributed by atoms with van der Waals surface area (Å²) in [5.74, 6) is 0.735. The molecule has 1 aliphatic rings. The number of halogens is 1. The number of hydrogen-bond acceptors (Lipinski definition) is 2. The topological polar surface area (TPSA) is 42.0 Å². The van der Waals surface area contributed by atoms with E-state index >= 15 is 0 Å². The number of amides is 1. The Morgan fingerprint density at radius 3 is 3.00 bits per heavy atom. The minimum Gasteiger partial charge on any atom is -0.351 e. The van der Waals surface area contributed by atoms with Crippen LogP contribution in [0.25, 0.3) is 0 Å². The average Bonchev–Trinajstić information content (AvgIpc) is 2.22. The quantitative estimate of drug-likeness (QED) is 0.923. The van der Waals surface area contributed by atoms with Gasteiger partial charge in [-0.15, -0.1) is 0 Å². The number of rotatable bonds is 4. The lowest BCUT2D eigenvalue weighted by Gasteiger charge is -2.25. The molecule has 3 nitrogen and oxygen atoms in total. The first-order valence-corrected chi connectivity index (χ1v) is 6.45. The predicted molar refractivity (Wildman–Crippen MR) is 66.2 cm³/mol. The maximum Gasteiger partial charge on any atom is 0.271 e. The van der Waals surface area contributed by atoms with Crippen molar-refractivity contribution < 1.29 is 4.79 Å². The minimum absolute atomic E-state index is 0.0909. The molecule has 1 heterocycles. The summed E-state index contributed by atoms with van der Waals surface area (Å²) in [4.78, 5) is 15.8. The number of nitrogens with one attached hydrogen (secondary N) is 1. The lowest BCUT2D eigenvalue weighted by atomic mass is 9.83. The fraction of sp³-hybridized carbons (Fsp3) is 0.500. The average molecular weight is 283 g/mol. The van der Waals surface area contributed by atoms with Crippen LogP contribution in [0.15, 0.2) is 22.8 Å². The van der Waals surface area contributed by atoms with Gasteiger partial charge in [-0.3, -0.25) is 4.79 Å². The molecule has 0 spiro atoms. The van der Waals surface area contributed by atoms with Crippen molar-refractivity contribution in [3.8, 4) is 0 Å². The number of hydrogen-bond donors (Lipinski definition) is 1. The van der Waals surface area contributed by atoms with Crippen LogP contribution in [0.3, 0.4) is 0 Å². The number of carbonyl (C=O) groups excluding carboxylic acids is 1. The third kappa shape index (κ3) is 2.82. The lowest BCUT2D eigenvalue weighted by Crippen LogP contribution is -2.28. The first-order valence-electron chi connectivity index (χ1n) is 5.66. The molecule has 1 N–H and O–H groups in total. The van der Waals surface area contributed by atoms with Crippen molar-refractivity contribution in [2.24, 2.45) is 5.92 Å². The molecule has 1 fully saturated rings. The van der Waals surface area contributed by atoms with Gasteiger partial charge in [0.15, 0.2) is 0 Å². The van der Waals surface area contributed by atoms with Crippen LogP contribution < -0.4 is 5.32 Å². The molecule has 0 aliphatic heterocycles. The highest BCUT2D eigenvalue weighted by molar-refractivity contribution is 9.10. The molecule has 1 aliphatic carbocycles. The molecule has 0 saturated heterocycles. The number of aromatic nitrogens is 1. The largest absolute Gasteiger partial charge is 0.351 e. The molecule has 0 radical (unpaired) electrons. The van der Waals surface area contributed by atoms with Gasteiger partial charge >= 0.3 is 0 Å². The van der Waals surface area contributed by atoms with Crippen molar-refractivity contribution in [1.29, 1.82) is 0 Å². The molecule has 0 bridgehead atoms. The van der Waals surface area contributed by atoms with Crippen LogP contribution >= 0.6 is 15.9 Å². The molecule has 2 rings (SSSR count). The highest BCUT2D eigenvalue weighted by atomic mass is 79.9. The van der Waals surface area contributed by atoms with Gasteiger partial charge < -0.3 is 5.32 Å². The van der Waals surface area contributed by atoms with Gasteiger partial charge in [-0.05, 0) is 40.4 Å². The van der Waals surface area contributed by atoms with Crippen molar-refractivity contribution in [3.63, 3.8) is 0 Å². The Morgan fingerprint density at radius 2 is 2.38 bits per heavy atom. The molecule has 16 heavy (non-hydrogen) atoms. The fourth-order valence-corrected chi connectivity index (χ4v) is 2.24. The van der Waals surface area contributed by atoms with Gasteiger partial charge in [-0.25, -0.2) is 4.98 Å². The maximum absolute atomic E-state index is 11.7. The Morgan fingerprint density at radius 1 is 1.56 bits per heavy atom. The molecular formula is C12H15BrN2O. The van der Waals surface area contributed by atoms with Gasteiger partial charge in [0.05, 0.1) is 0 Å². The smallest absolute Gasteiger partial charge is 0.271 e. The highest BCUT2D eigenvalue weighted by Gasteiger charge is 2.17. The van der Waals surface area contributed by atoms with Crippen LogP contribution in [-0.2, 0) is 0 Å². The Hall–Kier alpha value is -0.900. The summed E-state index contributed by atoms with van der Waals surface area (Å²) in [5, 5.41) is 2.91. The normalized spacial score (nSPS) is 15.6. The molecule has 4 heteroatoms. The van der Waals surface area contributed by atoms with E-state index in [2.05, 4.69) is 26.2 Å². The van der Waals surface area contributed by atoms with Crippen LogP contribution in [0.4, 0.5) is 0 Å². The summed E-state index contributed by atoms with van der Waals surface area (Å²) < 4.78 is 0.746. The summed E-state index contributed by atoms with van der Waals surface area (Å²) in [6, 6.07) is 3.63. The van der Waals surface area contributed by atoms with Crippen molar-refractivity contribution in [2.75, 3.05) is 6.54 Å². The summed E-state index contributed by atoms with van der Waals surface area (Å²) >= 11 is 3.32. The van der Waals surface area contributed by atoms with Crippen molar-refractivity contribution in [1.82, 2.24) is 10.3 Å². The van der Waals surface area contributed by atoms with Crippen molar-refractivity contribution >= 4 is 21.8 Å². The second kappa shape index (κ2) is 5.43. The third-order valence-electron chi connectivity index (χ3n) is 3.04. The summed E-state index contributed by atoms with van der Waals surface area (Å²) in [6.07, 6.45) is 6.72. The molecule has 1 saturated carbocycles. The molecule has 86 valence electrons. The zero-order valence-electron chi connectivity index (χ0n) is 9.08. The van der Waals surface area contributed by atoms with E-state index in [9.17, 15) is 4.79 Å². The third-order valence-corrected chi connectivity index (χ3v) is 3.68. The SMILES string of the molecule is O=C(NCCC1CCC1)c1ncccc1Br. The Labute approximate surface area is 104 Å². The number of carbonyl (C=O) groups is 1. The summed E-state index contributed by atoms with van der Waals surface area (Å²) in [6.45, 7) is 0.756. The molecule has 0 atom stereocenters. The van der Waals surface area contributed by atoms with Gasteiger partial charge in [0.2, 0.25) is 0 Å². The standard InChI is InChI=1S/C12H15BrN2O/c13-10-5-2-7-14-11(10)12(16)15-8-6-9-3-1-4-9/h2,5,7,9H,1,3-4,6,8H2,(H,15,16). The molecule has 1 aromatic heterocycles. The fourth-order valence-electron chi connectivity index (χ4n) is 1.81. The molecular weight excluding hydrogens is 268 g/mol. The molecule has 0 aromatic carbocycles. The molecule has 1 amide bonds. The van der Waals surface area contributed by atoms with Crippen LogP contribution in [0, 0.1) is 5.92 Å².